The van der Waals surface area contributed by atoms with E-state index in [0.29, 0.717) is 42.7 Å². The van der Waals surface area contributed by atoms with Crippen LogP contribution in [0.1, 0.15) is 37.1 Å². The maximum atomic E-state index is 14.4. The van der Waals surface area contributed by atoms with Crippen molar-refractivity contribution in [1.29, 1.82) is 0 Å². The molecule has 3 aromatic heterocycles. The molecule has 0 aliphatic carbocycles. The molecule has 5 heterocycles. The number of fused-ring (bicyclic) bond motifs is 1. The van der Waals surface area contributed by atoms with Gasteiger partial charge in [-0.15, -0.1) is 0 Å². The number of Topliss-reactive ketones (excluding diaryl/α,β-unsaturated/α-hetero) is 1. The number of carbonyl (C=O) groups is 1. The van der Waals surface area contributed by atoms with Crippen molar-refractivity contribution in [3.05, 3.63) is 54.0 Å². The van der Waals surface area contributed by atoms with Crippen LogP contribution < -0.4 is 9.80 Å². The molecular weight excluding hydrogens is 385 g/mol. The van der Waals surface area contributed by atoms with Gasteiger partial charge in [0.05, 0.1) is 24.8 Å². The number of halogens is 1. The molecule has 9 heteroatoms. The molecule has 0 spiro atoms. The summed E-state index contributed by atoms with van der Waals surface area (Å²) in [7, 11) is 0. The molecule has 1 atom stereocenters. The molecule has 2 aliphatic heterocycles. The smallest absolute Gasteiger partial charge is 0.216 e. The first-order valence-corrected chi connectivity index (χ1v) is 9.92. The summed E-state index contributed by atoms with van der Waals surface area (Å²) in [5.74, 6) is 1.06. The zero-order valence-electron chi connectivity index (χ0n) is 16.5. The van der Waals surface area contributed by atoms with Crippen molar-refractivity contribution in [2.75, 3.05) is 22.9 Å². The molecule has 0 radical (unpaired) electrons. The summed E-state index contributed by atoms with van der Waals surface area (Å²) in [5.41, 5.74) is 2.49. The number of rotatable bonds is 3. The lowest BCUT2D eigenvalue weighted by atomic mass is 10.1. The molecule has 1 unspecified atom stereocenters. The van der Waals surface area contributed by atoms with Gasteiger partial charge in [-0.25, -0.2) is 24.9 Å². The molecule has 1 fully saturated rings. The molecule has 0 saturated carbocycles. The van der Waals surface area contributed by atoms with E-state index in [1.165, 1.54) is 6.07 Å². The standard InChI is InChI=1S/C21H20FN7O/c1-13-16-10-25-21(20-23-5-3-6-24-20)26-17(16)12-29(13)19-9-14(8-18(22)27-19)28-7-2-4-15(30)11-28/h3,5-6,8-10,13H,2,4,7,11-12H2,1H3. The summed E-state index contributed by atoms with van der Waals surface area (Å²) in [4.78, 5) is 37.3. The molecule has 152 valence electrons. The second-order valence-corrected chi connectivity index (χ2v) is 7.54. The van der Waals surface area contributed by atoms with Gasteiger partial charge in [-0.1, -0.05) is 0 Å². The summed E-state index contributed by atoms with van der Waals surface area (Å²) in [6.45, 7) is 3.54. The molecule has 3 aromatic rings. The fourth-order valence-electron chi connectivity index (χ4n) is 4.03. The molecule has 1 saturated heterocycles. The second-order valence-electron chi connectivity index (χ2n) is 7.54. The van der Waals surface area contributed by atoms with Gasteiger partial charge in [0, 0.05) is 54.9 Å². The average Bonchev–Trinajstić information content (AvgIpc) is 3.10. The van der Waals surface area contributed by atoms with Crippen molar-refractivity contribution >= 4 is 17.3 Å². The molecule has 0 aromatic carbocycles. The van der Waals surface area contributed by atoms with Crippen LogP contribution in [-0.4, -0.2) is 43.8 Å². The second kappa shape index (κ2) is 7.40. The maximum Gasteiger partial charge on any atom is 0.216 e. The third-order valence-corrected chi connectivity index (χ3v) is 5.58. The zero-order valence-corrected chi connectivity index (χ0v) is 16.5. The molecule has 5 rings (SSSR count). The first-order chi connectivity index (χ1) is 14.6. The fraction of sp³-hybridized carbons (Fsp3) is 0.333. The van der Waals surface area contributed by atoms with Gasteiger partial charge in [-0.05, 0) is 19.4 Å². The Balaban J connectivity index is 1.45. The van der Waals surface area contributed by atoms with Crippen LogP contribution in [0.25, 0.3) is 11.6 Å². The minimum atomic E-state index is -0.562. The largest absolute Gasteiger partial charge is 0.364 e. The lowest BCUT2D eigenvalue weighted by Gasteiger charge is -2.29. The van der Waals surface area contributed by atoms with Crippen molar-refractivity contribution in [1.82, 2.24) is 24.9 Å². The first-order valence-electron chi connectivity index (χ1n) is 9.92. The van der Waals surface area contributed by atoms with Crippen LogP contribution >= 0.6 is 0 Å². The number of piperidine rings is 1. The van der Waals surface area contributed by atoms with Gasteiger partial charge >= 0.3 is 0 Å². The van der Waals surface area contributed by atoms with E-state index in [9.17, 15) is 9.18 Å². The lowest BCUT2D eigenvalue weighted by Crippen LogP contribution is -2.35. The van der Waals surface area contributed by atoms with Crippen molar-refractivity contribution in [2.24, 2.45) is 0 Å². The highest BCUT2D eigenvalue weighted by molar-refractivity contribution is 5.84. The zero-order chi connectivity index (χ0) is 20.7. The van der Waals surface area contributed by atoms with Crippen LogP contribution in [0.2, 0.25) is 0 Å². The number of nitrogens with zero attached hydrogens (tertiary/aromatic N) is 7. The first kappa shape index (κ1) is 18.5. The molecule has 8 nitrogen and oxygen atoms in total. The number of pyridine rings is 1. The highest BCUT2D eigenvalue weighted by Crippen LogP contribution is 2.37. The van der Waals surface area contributed by atoms with Crippen LogP contribution in [0, 0.1) is 5.95 Å². The average molecular weight is 405 g/mol. The van der Waals surface area contributed by atoms with Gasteiger partial charge in [0.2, 0.25) is 5.95 Å². The monoisotopic (exact) mass is 405 g/mol. The number of aromatic nitrogens is 5. The summed E-state index contributed by atoms with van der Waals surface area (Å²) in [6, 6.07) is 4.92. The molecule has 30 heavy (non-hydrogen) atoms. The van der Waals surface area contributed by atoms with E-state index in [0.717, 1.165) is 24.2 Å². The van der Waals surface area contributed by atoms with Crippen LogP contribution in [0.5, 0.6) is 0 Å². The van der Waals surface area contributed by atoms with E-state index in [1.807, 2.05) is 22.8 Å². The normalized spacial score (nSPS) is 18.6. The highest BCUT2D eigenvalue weighted by atomic mass is 19.1. The molecule has 0 N–H and O–H groups in total. The van der Waals surface area contributed by atoms with Gasteiger partial charge in [0.25, 0.3) is 0 Å². The number of carbonyl (C=O) groups excluding carboxylic acids is 1. The van der Waals surface area contributed by atoms with Gasteiger partial charge < -0.3 is 9.80 Å². The SMILES string of the molecule is CC1c2cnc(-c3ncccn3)nc2CN1c1cc(N2CCCC(=O)C2)cc(F)n1. The number of ketones is 1. The van der Waals surface area contributed by atoms with Crippen LogP contribution in [0.15, 0.2) is 36.8 Å². The third kappa shape index (κ3) is 3.36. The topological polar surface area (TPSA) is 88.0 Å². The Labute approximate surface area is 172 Å². The van der Waals surface area contributed by atoms with Crippen molar-refractivity contribution < 1.29 is 9.18 Å². The predicted molar refractivity (Wildman–Crippen MR) is 108 cm³/mol. The fourth-order valence-corrected chi connectivity index (χ4v) is 4.03. The quantitative estimate of drug-likeness (QED) is 0.615. The summed E-state index contributed by atoms with van der Waals surface area (Å²) in [6.07, 6.45) is 6.45. The van der Waals surface area contributed by atoms with Crippen molar-refractivity contribution in [2.45, 2.75) is 32.4 Å². The number of hydrogen-bond acceptors (Lipinski definition) is 8. The van der Waals surface area contributed by atoms with E-state index in [-0.39, 0.29) is 11.8 Å². The van der Waals surface area contributed by atoms with E-state index in [4.69, 9.17) is 0 Å². The Morgan fingerprint density at radius 1 is 1.07 bits per heavy atom. The van der Waals surface area contributed by atoms with Crippen molar-refractivity contribution in [3.63, 3.8) is 0 Å². The van der Waals surface area contributed by atoms with E-state index < -0.39 is 5.95 Å². The van der Waals surface area contributed by atoms with E-state index in [1.54, 1.807) is 24.7 Å². The summed E-state index contributed by atoms with van der Waals surface area (Å²) < 4.78 is 14.4. The van der Waals surface area contributed by atoms with Crippen molar-refractivity contribution in [3.8, 4) is 11.6 Å². The number of anilines is 2. The number of hydrogen-bond donors (Lipinski definition) is 0. The Hall–Kier alpha value is -3.49. The Bertz CT molecular complexity index is 1110. The minimum Gasteiger partial charge on any atom is -0.364 e. The molecule has 0 bridgehead atoms. The Morgan fingerprint density at radius 3 is 2.70 bits per heavy atom. The molecule has 2 aliphatic rings. The highest BCUT2D eigenvalue weighted by Gasteiger charge is 2.31. The maximum absolute atomic E-state index is 14.4. The Morgan fingerprint density at radius 2 is 1.90 bits per heavy atom. The van der Waals surface area contributed by atoms with E-state index in [2.05, 4.69) is 24.9 Å². The van der Waals surface area contributed by atoms with Crippen LogP contribution in [-0.2, 0) is 11.3 Å². The lowest BCUT2D eigenvalue weighted by molar-refractivity contribution is -0.118. The summed E-state index contributed by atoms with van der Waals surface area (Å²) >= 11 is 0. The predicted octanol–water partition coefficient (Wildman–Crippen LogP) is 2.72. The minimum absolute atomic E-state index is 0.0594. The van der Waals surface area contributed by atoms with Gasteiger partial charge in [0.1, 0.15) is 5.82 Å². The van der Waals surface area contributed by atoms with Gasteiger partial charge in [-0.3, -0.25) is 4.79 Å². The molecule has 0 amide bonds. The van der Waals surface area contributed by atoms with Gasteiger partial charge in [-0.2, -0.15) is 4.39 Å². The van der Waals surface area contributed by atoms with Crippen LogP contribution in [0.4, 0.5) is 15.9 Å². The third-order valence-electron chi connectivity index (χ3n) is 5.58. The molecular formula is C21H20FN7O. The van der Waals surface area contributed by atoms with Crippen LogP contribution in [0.3, 0.4) is 0 Å². The van der Waals surface area contributed by atoms with Gasteiger partial charge in [0.15, 0.2) is 17.4 Å². The summed E-state index contributed by atoms with van der Waals surface area (Å²) in [5, 5.41) is 0. The van der Waals surface area contributed by atoms with E-state index >= 15 is 0 Å². The Kier molecular flexibility index (Phi) is 4.57.